The lowest BCUT2D eigenvalue weighted by Gasteiger charge is -2.74. The third-order valence-corrected chi connectivity index (χ3v) is 14.9. The minimum Gasteiger partial charge on any atom is -0.462 e. The second-order valence-electron chi connectivity index (χ2n) is 16.1. The third kappa shape index (κ3) is 2.82. The molecule has 0 amide bonds. The first-order valence-electron chi connectivity index (χ1n) is 15.1. The number of fused-ring (bicyclic) bond motifs is 8. The van der Waals surface area contributed by atoms with Gasteiger partial charge in [-0.15, -0.1) is 0 Å². The number of esters is 1. The molecule has 6 rings (SSSR count). The smallest absolute Gasteiger partial charge is 0.302 e. The normalized spacial score (nSPS) is 60.9. The molecule has 4 heteroatoms. The van der Waals surface area contributed by atoms with Crippen LogP contribution in [0.4, 0.5) is 0 Å². The van der Waals surface area contributed by atoms with Gasteiger partial charge >= 0.3 is 5.97 Å². The summed E-state index contributed by atoms with van der Waals surface area (Å²) in [5, 5.41) is 11.5. The fourth-order valence-corrected chi connectivity index (χ4v) is 12.5. The lowest BCUT2D eigenvalue weighted by Crippen LogP contribution is -2.69. The molecular weight excluding hydrogens is 448 g/mol. The van der Waals surface area contributed by atoms with Gasteiger partial charge in [0.2, 0.25) is 0 Å². The highest BCUT2D eigenvalue weighted by Crippen LogP contribution is 2.78. The topological polar surface area (TPSA) is 59.1 Å². The van der Waals surface area contributed by atoms with Gasteiger partial charge in [-0.3, -0.25) is 4.79 Å². The molecule has 0 bridgehead atoms. The van der Waals surface area contributed by atoms with Gasteiger partial charge in [0.15, 0.2) is 0 Å². The summed E-state index contributed by atoms with van der Waals surface area (Å²) in [6.45, 7) is 21.4. The van der Waals surface area contributed by atoms with Gasteiger partial charge in [-0.25, -0.2) is 0 Å². The second kappa shape index (κ2) is 7.32. The quantitative estimate of drug-likeness (QED) is 0.318. The van der Waals surface area contributed by atoms with Crippen molar-refractivity contribution < 1.29 is 19.4 Å². The van der Waals surface area contributed by atoms with E-state index in [0.717, 1.165) is 12.8 Å². The Hall–Kier alpha value is -0.610. The largest absolute Gasteiger partial charge is 0.462 e. The maximum absolute atomic E-state index is 11.9. The maximum atomic E-state index is 11.9. The Morgan fingerprint density at radius 2 is 1.53 bits per heavy atom. The van der Waals surface area contributed by atoms with Gasteiger partial charge in [-0.1, -0.05) is 48.5 Å². The van der Waals surface area contributed by atoms with Crippen LogP contribution in [0.1, 0.15) is 114 Å². The molecule has 6 aliphatic rings. The van der Waals surface area contributed by atoms with E-state index in [1.54, 1.807) is 6.92 Å². The van der Waals surface area contributed by atoms with Crippen LogP contribution in [0.5, 0.6) is 0 Å². The number of carbonyl (C=O) groups excluding carboxylic acids is 1. The highest BCUT2D eigenvalue weighted by Gasteiger charge is 2.76. The predicted octanol–water partition coefficient (Wildman–Crippen LogP) is 6.78. The molecule has 4 nitrogen and oxygen atoms in total. The molecule has 6 fully saturated rings. The zero-order valence-electron chi connectivity index (χ0n) is 24.4. The summed E-state index contributed by atoms with van der Waals surface area (Å²) in [5.41, 5.74) is 0.728. The van der Waals surface area contributed by atoms with Crippen LogP contribution in [0, 0.1) is 56.7 Å². The van der Waals surface area contributed by atoms with Gasteiger partial charge in [0.1, 0.15) is 12.2 Å². The zero-order valence-corrected chi connectivity index (χ0v) is 24.4. The fraction of sp³-hybridized carbons (Fsp3) is 0.969. The molecule has 5 aliphatic carbocycles. The molecule has 204 valence electrons. The summed E-state index contributed by atoms with van der Waals surface area (Å²) in [5.74, 6) is 2.83. The van der Waals surface area contributed by atoms with E-state index in [0.29, 0.717) is 35.0 Å². The van der Waals surface area contributed by atoms with E-state index in [1.807, 2.05) is 0 Å². The summed E-state index contributed by atoms with van der Waals surface area (Å²) in [7, 11) is 0. The van der Waals surface area contributed by atoms with Gasteiger partial charge in [-0.2, -0.15) is 0 Å². The van der Waals surface area contributed by atoms with Gasteiger partial charge in [0, 0.05) is 12.3 Å². The molecule has 0 aromatic heterocycles. The fourth-order valence-electron chi connectivity index (χ4n) is 12.5. The van der Waals surface area contributed by atoms with E-state index in [4.69, 9.17) is 9.47 Å². The van der Waals surface area contributed by atoms with E-state index >= 15 is 0 Å². The minimum atomic E-state index is -0.329. The Morgan fingerprint density at radius 3 is 2.19 bits per heavy atom. The van der Waals surface area contributed by atoms with Crippen molar-refractivity contribution in [2.75, 3.05) is 0 Å². The lowest BCUT2D eigenvalue weighted by molar-refractivity contribution is -0.263. The van der Waals surface area contributed by atoms with E-state index in [-0.39, 0.29) is 51.5 Å². The van der Waals surface area contributed by atoms with Crippen molar-refractivity contribution in [3.8, 4) is 0 Å². The number of carbonyl (C=O) groups is 1. The molecule has 1 aliphatic heterocycles. The average molecular weight is 501 g/mol. The van der Waals surface area contributed by atoms with Crippen LogP contribution in [-0.4, -0.2) is 35.0 Å². The molecule has 1 heterocycles. The lowest BCUT2D eigenvalue weighted by atomic mass is 9.31. The molecule has 36 heavy (non-hydrogen) atoms. The van der Waals surface area contributed by atoms with Gasteiger partial charge in [-0.05, 0) is 110 Å². The Balaban J connectivity index is 1.36. The summed E-state index contributed by atoms with van der Waals surface area (Å²) < 4.78 is 12.2. The summed E-state index contributed by atoms with van der Waals surface area (Å²) in [6, 6.07) is 0. The van der Waals surface area contributed by atoms with Gasteiger partial charge in [0.25, 0.3) is 0 Å². The van der Waals surface area contributed by atoms with Crippen molar-refractivity contribution in [2.45, 2.75) is 138 Å². The zero-order chi connectivity index (χ0) is 26.3. The maximum Gasteiger partial charge on any atom is 0.302 e. The van der Waals surface area contributed by atoms with Gasteiger partial charge < -0.3 is 14.6 Å². The van der Waals surface area contributed by atoms with Crippen LogP contribution >= 0.6 is 0 Å². The van der Waals surface area contributed by atoms with Crippen LogP contribution in [0.2, 0.25) is 0 Å². The van der Waals surface area contributed by atoms with E-state index < -0.39 is 0 Å². The first-order chi connectivity index (χ1) is 16.6. The molecule has 1 saturated heterocycles. The number of ether oxygens (including phenoxy) is 2. The van der Waals surface area contributed by atoms with Crippen LogP contribution in [-0.2, 0) is 14.3 Å². The molecule has 13 atom stereocenters. The summed E-state index contributed by atoms with van der Waals surface area (Å²) in [6.07, 6.45) is 9.35. The number of epoxide rings is 1. The first kappa shape index (κ1) is 25.7. The molecule has 13 unspecified atom stereocenters. The number of hydrogen-bond donors (Lipinski definition) is 1. The van der Waals surface area contributed by atoms with Crippen molar-refractivity contribution in [3.63, 3.8) is 0 Å². The van der Waals surface area contributed by atoms with E-state index in [2.05, 4.69) is 55.4 Å². The van der Waals surface area contributed by atoms with Crippen LogP contribution < -0.4 is 0 Å². The Kier molecular flexibility index (Phi) is 5.21. The van der Waals surface area contributed by atoms with E-state index in [1.165, 1.54) is 38.5 Å². The van der Waals surface area contributed by atoms with Crippen molar-refractivity contribution in [3.05, 3.63) is 0 Å². The summed E-state index contributed by atoms with van der Waals surface area (Å²) >= 11 is 0. The molecule has 0 aromatic carbocycles. The van der Waals surface area contributed by atoms with Crippen molar-refractivity contribution in [2.24, 2.45) is 56.7 Å². The number of aliphatic hydroxyl groups excluding tert-OH is 1. The molecule has 1 N–H and O–H groups in total. The molecule has 0 spiro atoms. The van der Waals surface area contributed by atoms with Crippen molar-refractivity contribution >= 4 is 5.97 Å². The number of aliphatic hydroxyl groups is 1. The third-order valence-electron chi connectivity index (χ3n) is 14.9. The summed E-state index contributed by atoms with van der Waals surface area (Å²) in [4.78, 5) is 11.9. The first-order valence-corrected chi connectivity index (χ1v) is 15.1. The molecule has 5 saturated carbocycles. The van der Waals surface area contributed by atoms with Crippen LogP contribution in [0.3, 0.4) is 0 Å². The number of rotatable bonds is 1. The van der Waals surface area contributed by atoms with Crippen LogP contribution in [0.15, 0.2) is 0 Å². The van der Waals surface area contributed by atoms with Crippen molar-refractivity contribution in [1.82, 2.24) is 0 Å². The average Bonchev–Trinajstić information content (AvgIpc) is 3.48. The highest BCUT2D eigenvalue weighted by atomic mass is 16.6. The molecule has 0 radical (unpaired) electrons. The standard InChI is InChI=1S/C32H52O4/c1-18-24-20-10-11-22-28(5)14-13-23(35-19(2)33)27(3,4)21(28)12-15-31(22,8)30(20,7)17-16-29(24,6)25(34)26-32(18,9)36-26/h18,20-26,34H,10-17H2,1-9H3. The van der Waals surface area contributed by atoms with Gasteiger partial charge in [0.05, 0.1) is 11.7 Å². The van der Waals surface area contributed by atoms with E-state index in [9.17, 15) is 9.90 Å². The monoisotopic (exact) mass is 500 g/mol. The Bertz CT molecular complexity index is 960. The Morgan fingerprint density at radius 1 is 0.833 bits per heavy atom. The van der Waals surface area contributed by atoms with Crippen molar-refractivity contribution in [1.29, 1.82) is 0 Å². The van der Waals surface area contributed by atoms with Crippen LogP contribution in [0.25, 0.3) is 0 Å². The predicted molar refractivity (Wildman–Crippen MR) is 141 cm³/mol. The molecular formula is C32H52O4. The SMILES string of the molecule is CC(=O)OC1CCC2(C)C(CCC3(C)C2CCC2C4C(C)C5(C)OC5C(O)C4(C)CCC23C)C1(C)C. The highest BCUT2D eigenvalue weighted by molar-refractivity contribution is 5.66. The molecule has 0 aromatic rings. The Labute approximate surface area is 219 Å². The second-order valence-corrected chi connectivity index (χ2v) is 16.1. The number of hydrogen-bond acceptors (Lipinski definition) is 4. The minimum absolute atomic E-state index is 0.0117.